The molecular weight excluding hydrogens is 164 g/mol. The van der Waals surface area contributed by atoms with Crippen LogP contribution in [0.2, 0.25) is 0 Å². The van der Waals surface area contributed by atoms with Gasteiger partial charge in [-0.3, -0.25) is 0 Å². The third-order valence-corrected chi connectivity index (χ3v) is 1.61. The molecule has 13 heavy (non-hydrogen) atoms. The summed E-state index contributed by atoms with van der Waals surface area (Å²) in [7, 11) is 0. The quantitative estimate of drug-likeness (QED) is 0.510. The van der Waals surface area contributed by atoms with Gasteiger partial charge in [-0.25, -0.2) is 0 Å². The van der Waals surface area contributed by atoms with Crippen LogP contribution < -0.4 is 4.74 Å². The fourth-order valence-electron chi connectivity index (χ4n) is 0.924. The van der Waals surface area contributed by atoms with Gasteiger partial charge >= 0.3 is 0 Å². The molecule has 0 bridgehead atoms. The zero-order chi connectivity index (χ0) is 9.52. The summed E-state index contributed by atoms with van der Waals surface area (Å²) in [5.74, 6) is 0.811. The maximum atomic E-state index is 5.32. The van der Waals surface area contributed by atoms with E-state index < -0.39 is 0 Å². The van der Waals surface area contributed by atoms with Crippen molar-refractivity contribution in [2.45, 2.75) is 6.92 Å². The molecule has 1 rings (SSSR count). The average molecular weight is 178 g/mol. The van der Waals surface area contributed by atoms with Crippen molar-refractivity contribution in [3.63, 3.8) is 0 Å². The normalized spacial score (nSPS) is 9.62. The highest BCUT2D eigenvalue weighted by molar-refractivity contribution is 5.49. The summed E-state index contributed by atoms with van der Waals surface area (Å²) in [6, 6.07) is 7.72. The second-order valence-corrected chi connectivity index (χ2v) is 2.53. The molecule has 70 valence electrons. The van der Waals surface area contributed by atoms with Gasteiger partial charge in [-0.2, -0.15) is 0 Å². The van der Waals surface area contributed by atoms with Crippen LogP contribution in [0.25, 0.3) is 6.08 Å². The lowest BCUT2D eigenvalue weighted by molar-refractivity contribution is 0.0224. The van der Waals surface area contributed by atoms with Gasteiger partial charge in [0.1, 0.15) is 5.75 Å². The van der Waals surface area contributed by atoms with Gasteiger partial charge in [0, 0.05) is 6.61 Å². The summed E-state index contributed by atoms with van der Waals surface area (Å²) in [6.07, 6.45) is 1.79. The van der Waals surface area contributed by atoms with Crippen molar-refractivity contribution in [1.82, 2.24) is 0 Å². The van der Waals surface area contributed by atoms with Crippen molar-refractivity contribution < 1.29 is 9.47 Å². The van der Waals surface area contributed by atoms with Crippen molar-refractivity contribution in [2.24, 2.45) is 0 Å². The zero-order valence-electron chi connectivity index (χ0n) is 7.82. The van der Waals surface area contributed by atoms with Crippen LogP contribution in [-0.2, 0) is 4.74 Å². The lowest BCUT2D eigenvalue weighted by Gasteiger charge is -2.05. The van der Waals surface area contributed by atoms with E-state index in [-0.39, 0.29) is 0 Å². The Kier molecular flexibility index (Phi) is 4.06. The van der Waals surface area contributed by atoms with Gasteiger partial charge < -0.3 is 9.47 Å². The molecule has 1 aromatic rings. The fourth-order valence-corrected chi connectivity index (χ4v) is 0.924. The Morgan fingerprint density at radius 3 is 3.00 bits per heavy atom. The predicted octanol–water partition coefficient (Wildman–Crippen LogP) is 2.70. The van der Waals surface area contributed by atoms with E-state index in [4.69, 9.17) is 9.47 Å². The van der Waals surface area contributed by atoms with Crippen LogP contribution in [0.4, 0.5) is 0 Å². The van der Waals surface area contributed by atoms with Crippen LogP contribution in [-0.4, -0.2) is 13.4 Å². The highest BCUT2D eigenvalue weighted by atomic mass is 16.7. The summed E-state index contributed by atoms with van der Waals surface area (Å²) in [6.45, 7) is 6.59. The molecule has 0 atom stereocenters. The molecule has 0 aliphatic rings. The largest absolute Gasteiger partial charge is 0.468 e. The standard InChI is InChI=1S/C11H14O2/c1-3-10-6-5-7-11(8-10)13-9-12-4-2/h3,5-8H,1,4,9H2,2H3. The number of rotatable bonds is 5. The first-order valence-corrected chi connectivity index (χ1v) is 4.30. The molecule has 2 heteroatoms. The molecule has 2 nitrogen and oxygen atoms in total. The van der Waals surface area contributed by atoms with Gasteiger partial charge in [-0.05, 0) is 24.6 Å². The Morgan fingerprint density at radius 2 is 2.31 bits per heavy atom. The molecule has 1 aromatic carbocycles. The van der Waals surface area contributed by atoms with Crippen LogP contribution >= 0.6 is 0 Å². The molecule has 0 spiro atoms. The Balaban J connectivity index is 2.51. The third-order valence-electron chi connectivity index (χ3n) is 1.61. The van der Waals surface area contributed by atoms with Crippen molar-refractivity contribution >= 4 is 6.08 Å². The first-order chi connectivity index (χ1) is 6.36. The van der Waals surface area contributed by atoms with E-state index in [1.807, 2.05) is 31.2 Å². The van der Waals surface area contributed by atoms with Crippen molar-refractivity contribution in [3.8, 4) is 5.75 Å². The first kappa shape index (κ1) is 9.81. The van der Waals surface area contributed by atoms with Crippen LogP contribution in [0.1, 0.15) is 12.5 Å². The van der Waals surface area contributed by atoms with Crippen LogP contribution in [0, 0.1) is 0 Å². The zero-order valence-corrected chi connectivity index (χ0v) is 7.82. The Labute approximate surface area is 78.8 Å². The Hall–Kier alpha value is -1.28. The summed E-state index contributed by atoms with van der Waals surface area (Å²) < 4.78 is 10.4. The highest BCUT2D eigenvalue weighted by Crippen LogP contribution is 2.13. The Morgan fingerprint density at radius 1 is 1.46 bits per heavy atom. The third kappa shape index (κ3) is 3.30. The second kappa shape index (κ2) is 5.38. The minimum Gasteiger partial charge on any atom is -0.468 e. The second-order valence-electron chi connectivity index (χ2n) is 2.53. The van der Waals surface area contributed by atoms with Crippen molar-refractivity contribution in [2.75, 3.05) is 13.4 Å². The fraction of sp³-hybridized carbons (Fsp3) is 0.273. The van der Waals surface area contributed by atoms with E-state index >= 15 is 0 Å². The molecule has 0 aromatic heterocycles. The maximum absolute atomic E-state index is 5.32. The molecule has 0 saturated heterocycles. The van der Waals surface area contributed by atoms with Crippen LogP contribution in [0.3, 0.4) is 0 Å². The molecule has 0 aliphatic heterocycles. The summed E-state index contributed by atoms with van der Waals surface area (Å²) in [4.78, 5) is 0. The van der Waals surface area contributed by atoms with Crippen LogP contribution in [0.15, 0.2) is 30.8 Å². The lowest BCUT2D eigenvalue weighted by atomic mass is 10.2. The summed E-state index contributed by atoms with van der Waals surface area (Å²) >= 11 is 0. The summed E-state index contributed by atoms with van der Waals surface area (Å²) in [5.41, 5.74) is 1.05. The average Bonchev–Trinajstić information content (AvgIpc) is 2.19. The molecule has 0 fully saturated rings. The smallest absolute Gasteiger partial charge is 0.189 e. The SMILES string of the molecule is C=Cc1cccc(OCOCC)c1. The van der Waals surface area contributed by atoms with Crippen molar-refractivity contribution in [1.29, 1.82) is 0 Å². The Bertz CT molecular complexity index is 269. The predicted molar refractivity (Wildman–Crippen MR) is 53.7 cm³/mol. The van der Waals surface area contributed by atoms with Crippen molar-refractivity contribution in [3.05, 3.63) is 36.4 Å². The topological polar surface area (TPSA) is 18.5 Å². The van der Waals surface area contributed by atoms with Gasteiger partial charge in [0.25, 0.3) is 0 Å². The van der Waals surface area contributed by atoms with E-state index in [1.54, 1.807) is 6.08 Å². The maximum Gasteiger partial charge on any atom is 0.189 e. The van der Waals surface area contributed by atoms with Gasteiger partial charge in [0.15, 0.2) is 6.79 Å². The number of ether oxygens (including phenoxy) is 2. The highest BCUT2D eigenvalue weighted by Gasteiger charge is 1.92. The molecule has 0 amide bonds. The number of hydrogen-bond donors (Lipinski definition) is 0. The first-order valence-electron chi connectivity index (χ1n) is 4.30. The van der Waals surface area contributed by atoms with Gasteiger partial charge in [-0.15, -0.1) is 0 Å². The van der Waals surface area contributed by atoms with Gasteiger partial charge in [0.2, 0.25) is 0 Å². The molecule has 0 heterocycles. The number of hydrogen-bond acceptors (Lipinski definition) is 2. The number of benzene rings is 1. The molecular formula is C11H14O2. The van der Waals surface area contributed by atoms with E-state index in [0.717, 1.165) is 11.3 Å². The minimum absolute atomic E-state index is 0.303. The molecule has 0 saturated carbocycles. The van der Waals surface area contributed by atoms with E-state index in [9.17, 15) is 0 Å². The van der Waals surface area contributed by atoms with Gasteiger partial charge in [-0.1, -0.05) is 24.8 Å². The monoisotopic (exact) mass is 178 g/mol. The van der Waals surface area contributed by atoms with E-state index in [0.29, 0.717) is 13.4 Å². The molecule has 0 aliphatic carbocycles. The van der Waals surface area contributed by atoms with E-state index in [1.165, 1.54) is 0 Å². The summed E-state index contributed by atoms with van der Waals surface area (Å²) in [5, 5.41) is 0. The van der Waals surface area contributed by atoms with Gasteiger partial charge in [0.05, 0.1) is 0 Å². The minimum atomic E-state index is 0.303. The lowest BCUT2D eigenvalue weighted by Crippen LogP contribution is -2.01. The van der Waals surface area contributed by atoms with E-state index in [2.05, 4.69) is 6.58 Å². The molecule has 0 N–H and O–H groups in total. The molecule has 0 radical (unpaired) electrons. The molecule has 0 unspecified atom stereocenters. The van der Waals surface area contributed by atoms with Crippen LogP contribution in [0.5, 0.6) is 5.75 Å².